The molecule has 0 atom stereocenters. The minimum Gasteiger partial charge on any atom is -0.495 e. The van der Waals surface area contributed by atoms with E-state index < -0.39 is 5.72 Å². The van der Waals surface area contributed by atoms with Crippen molar-refractivity contribution >= 4 is 29.0 Å². The number of ether oxygens (including phenoxy) is 1. The van der Waals surface area contributed by atoms with E-state index in [9.17, 15) is 4.79 Å². The Morgan fingerprint density at radius 2 is 2.17 bits per heavy atom. The van der Waals surface area contributed by atoms with E-state index in [2.05, 4.69) is 20.7 Å². The number of methoxy groups -OCH3 is 1. The number of nitrogens with one attached hydrogen (secondary N) is 2. The van der Waals surface area contributed by atoms with E-state index in [1.54, 1.807) is 31.5 Å². The lowest BCUT2D eigenvalue weighted by Crippen LogP contribution is -2.46. The summed E-state index contributed by atoms with van der Waals surface area (Å²) < 4.78 is 5.12. The van der Waals surface area contributed by atoms with E-state index in [0.29, 0.717) is 54.8 Å². The molecule has 1 aromatic carbocycles. The van der Waals surface area contributed by atoms with Crippen LogP contribution in [-0.4, -0.2) is 54.1 Å². The molecule has 0 unspecified atom stereocenters. The summed E-state index contributed by atoms with van der Waals surface area (Å²) in [4.78, 5) is 29.3. The number of anilines is 1. The average Bonchev–Trinajstić information content (AvgIpc) is 3.14. The number of hydroxylamine groups is 1. The first kappa shape index (κ1) is 19.6. The number of nitrogens with zero attached hydrogens (tertiary/aromatic N) is 3. The van der Waals surface area contributed by atoms with Crippen LogP contribution in [0.2, 0.25) is 5.02 Å². The highest BCUT2D eigenvalue weighted by molar-refractivity contribution is 6.32. The van der Waals surface area contributed by atoms with E-state index >= 15 is 0 Å². The Hall–Kier alpha value is -2.68. The number of aromatic nitrogens is 1. The molecule has 9 heteroatoms. The second-order valence-electron chi connectivity index (χ2n) is 7.00. The van der Waals surface area contributed by atoms with Gasteiger partial charge in [-0.3, -0.25) is 14.7 Å². The molecule has 2 aromatic rings. The molecule has 1 fully saturated rings. The van der Waals surface area contributed by atoms with Crippen LogP contribution in [0.25, 0.3) is 0 Å². The number of pyridine rings is 1. The topological polar surface area (TPSA) is 88.1 Å². The Bertz CT molecular complexity index is 914. The third-order valence-electron chi connectivity index (χ3n) is 5.00. The standard InChI is InChI=1S/C20H22ClN5O3/c1-28-17-6-5-14(12-15(17)21)23-18(27)13-26-10-7-20(8-11-26)24-19(25-29-20)16-4-2-3-9-22-16/h2-6,9,12H,7-8,10-11,13H2,1H3,(H,23,27)(H,24,25). The molecule has 2 aliphatic heterocycles. The van der Waals surface area contributed by atoms with E-state index in [1.807, 2.05) is 18.2 Å². The zero-order valence-corrected chi connectivity index (χ0v) is 16.8. The van der Waals surface area contributed by atoms with Crippen LogP contribution in [-0.2, 0) is 9.63 Å². The van der Waals surface area contributed by atoms with Crippen LogP contribution < -0.4 is 15.5 Å². The molecule has 0 aliphatic carbocycles. The van der Waals surface area contributed by atoms with Crippen LogP contribution in [0.5, 0.6) is 5.75 Å². The third kappa shape index (κ3) is 4.50. The monoisotopic (exact) mass is 415 g/mol. The first-order valence-corrected chi connectivity index (χ1v) is 9.76. The fraction of sp³-hybridized carbons (Fsp3) is 0.350. The Morgan fingerprint density at radius 1 is 1.34 bits per heavy atom. The van der Waals surface area contributed by atoms with Crippen molar-refractivity contribution in [3.63, 3.8) is 0 Å². The van der Waals surface area contributed by atoms with Gasteiger partial charge < -0.3 is 10.1 Å². The predicted molar refractivity (Wildman–Crippen MR) is 110 cm³/mol. The highest BCUT2D eigenvalue weighted by atomic mass is 35.5. The van der Waals surface area contributed by atoms with Crippen molar-refractivity contribution in [1.82, 2.24) is 15.4 Å². The molecule has 2 aliphatic rings. The fourth-order valence-corrected chi connectivity index (χ4v) is 3.68. The number of carbonyl (C=O) groups is 1. The number of likely N-dealkylation sites (tertiary alicyclic amines) is 1. The number of hydrogen-bond donors (Lipinski definition) is 2. The van der Waals surface area contributed by atoms with Gasteiger partial charge in [0.1, 0.15) is 11.4 Å². The predicted octanol–water partition coefficient (Wildman–Crippen LogP) is 2.46. The normalized spacial score (nSPS) is 18.2. The van der Waals surface area contributed by atoms with Gasteiger partial charge in [-0.2, -0.15) is 0 Å². The number of amidine groups is 1. The lowest BCUT2D eigenvalue weighted by molar-refractivity contribution is -0.120. The Kier molecular flexibility index (Phi) is 5.66. The molecule has 4 rings (SSSR count). The van der Waals surface area contributed by atoms with E-state index in [-0.39, 0.29) is 5.91 Å². The van der Waals surface area contributed by atoms with E-state index in [4.69, 9.17) is 26.2 Å². The molecule has 3 heterocycles. The van der Waals surface area contributed by atoms with Crippen LogP contribution in [0.1, 0.15) is 18.5 Å². The second-order valence-corrected chi connectivity index (χ2v) is 7.41. The summed E-state index contributed by atoms with van der Waals surface area (Å²) >= 11 is 6.11. The van der Waals surface area contributed by atoms with Gasteiger partial charge in [0.25, 0.3) is 0 Å². The largest absolute Gasteiger partial charge is 0.495 e. The van der Waals surface area contributed by atoms with Crippen LogP contribution in [0, 0.1) is 0 Å². The molecular formula is C20H22ClN5O3. The van der Waals surface area contributed by atoms with Crippen molar-refractivity contribution in [2.45, 2.75) is 18.6 Å². The smallest absolute Gasteiger partial charge is 0.238 e. The summed E-state index contributed by atoms with van der Waals surface area (Å²) in [5, 5.41) is 3.33. The molecule has 1 saturated heterocycles. The van der Waals surface area contributed by atoms with Gasteiger partial charge in [0.2, 0.25) is 5.91 Å². The number of halogens is 1. The summed E-state index contributed by atoms with van der Waals surface area (Å²) in [5.41, 5.74) is 3.70. The molecular weight excluding hydrogens is 394 g/mol. The summed E-state index contributed by atoms with van der Waals surface area (Å²) in [5.74, 6) is 1.13. The number of piperidine rings is 1. The maximum atomic E-state index is 12.4. The van der Waals surface area contributed by atoms with Crippen molar-refractivity contribution in [3.8, 4) is 5.75 Å². The Morgan fingerprint density at radius 3 is 2.86 bits per heavy atom. The van der Waals surface area contributed by atoms with E-state index in [1.165, 1.54) is 0 Å². The lowest BCUT2D eigenvalue weighted by atomic mass is 10.0. The van der Waals surface area contributed by atoms with Crippen molar-refractivity contribution < 1.29 is 14.4 Å². The van der Waals surface area contributed by atoms with Gasteiger partial charge in [0.15, 0.2) is 11.6 Å². The minimum atomic E-state index is -0.594. The summed E-state index contributed by atoms with van der Waals surface area (Å²) in [6.45, 7) is 1.71. The summed E-state index contributed by atoms with van der Waals surface area (Å²) in [6, 6.07) is 10.8. The molecule has 1 amide bonds. The number of rotatable bonds is 5. The van der Waals surface area contributed by atoms with Gasteiger partial charge in [-0.1, -0.05) is 17.7 Å². The third-order valence-corrected chi connectivity index (χ3v) is 5.30. The minimum absolute atomic E-state index is 0.0923. The highest BCUT2D eigenvalue weighted by Crippen LogP contribution is 2.31. The molecule has 0 radical (unpaired) electrons. The van der Waals surface area contributed by atoms with Crippen LogP contribution >= 0.6 is 11.6 Å². The van der Waals surface area contributed by atoms with Gasteiger partial charge >= 0.3 is 0 Å². The van der Waals surface area contributed by atoms with Gasteiger partial charge in [0.05, 0.1) is 18.7 Å². The summed E-state index contributed by atoms with van der Waals surface area (Å²) in [7, 11) is 1.55. The van der Waals surface area contributed by atoms with Crippen LogP contribution in [0.15, 0.2) is 47.6 Å². The van der Waals surface area contributed by atoms with Crippen LogP contribution in [0.4, 0.5) is 5.69 Å². The van der Waals surface area contributed by atoms with Gasteiger partial charge in [-0.05, 0) is 30.3 Å². The summed E-state index contributed by atoms with van der Waals surface area (Å²) in [6.07, 6.45) is 3.11. The molecule has 8 nitrogen and oxygen atoms in total. The second kappa shape index (κ2) is 8.36. The average molecular weight is 416 g/mol. The quantitative estimate of drug-likeness (QED) is 0.779. The maximum absolute atomic E-state index is 12.4. The molecule has 1 spiro atoms. The number of benzene rings is 1. The van der Waals surface area contributed by atoms with Gasteiger partial charge in [-0.15, -0.1) is 0 Å². The Labute approximate surface area is 173 Å². The first-order chi connectivity index (χ1) is 14.1. The lowest BCUT2D eigenvalue weighted by Gasteiger charge is -2.35. The van der Waals surface area contributed by atoms with E-state index in [0.717, 1.165) is 5.69 Å². The SMILES string of the molecule is COc1ccc(NC(=O)CN2CCC3(CC2)N=C(c2ccccn2)NO3)cc1Cl. The van der Waals surface area contributed by atoms with Crippen molar-refractivity contribution in [3.05, 3.63) is 53.3 Å². The van der Waals surface area contributed by atoms with Crippen LogP contribution in [0.3, 0.4) is 0 Å². The molecule has 2 N–H and O–H groups in total. The van der Waals surface area contributed by atoms with Crippen molar-refractivity contribution in [2.24, 2.45) is 4.99 Å². The van der Waals surface area contributed by atoms with Gasteiger partial charge in [-0.25, -0.2) is 15.3 Å². The Balaban J connectivity index is 1.30. The highest BCUT2D eigenvalue weighted by Gasteiger charge is 2.40. The number of aliphatic imine (C=N–C) groups is 1. The van der Waals surface area contributed by atoms with Gasteiger partial charge in [0, 0.05) is 37.8 Å². The number of carbonyl (C=O) groups excluding carboxylic acids is 1. The fourth-order valence-electron chi connectivity index (χ4n) is 3.43. The molecule has 1 aromatic heterocycles. The molecule has 152 valence electrons. The first-order valence-electron chi connectivity index (χ1n) is 9.38. The maximum Gasteiger partial charge on any atom is 0.238 e. The molecule has 0 bridgehead atoms. The number of amides is 1. The zero-order valence-electron chi connectivity index (χ0n) is 16.0. The van der Waals surface area contributed by atoms with Crippen molar-refractivity contribution in [2.75, 3.05) is 32.1 Å². The zero-order chi connectivity index (χ0) is 20.3. The number of hydrogen-bond acceptors (Lipinski definition) is 7. The molecule has 0 saturated carbocycles. The molecule has 29 heavy (non-hydrogen) atoms. The van der Waals surface area contributed by atoms with Crippen molar-refractivity contribution in [1.29, 1.82) is 0 Å².